The van der Waals surface area contributed by atoms with Crippen molar-refractivity contribution in [1.29, 1.82) is 0 Å². The monoisotopic (exact) mass is 140 g/mol. The molecule has 0 heterocycles. The Morgan fingerprint density at radius 1 is 0.600 bits per heavy atom. The Balaban J connectivity index is 2.46. The van der Waals surface area contributed by atoms with Crippen molar-refractivity contribution >= 4 is 0 Å². The molecule has 10 heavy (non-hydrogen) atoms. The van der Waals surface area contributed by atoms with E-state index < -0.39 is 0 Å². The summed E-state index contributed by atoms with van der Waals surface area (Å²) < 4.78 is 0. The lowest BCUT2D eigenvalue weighted by Crippen LogP contribution is -2.25. The van der Waals surface area contributed by atoms with Crippen molar-refractivity contribution in [2.24, 2.45) is 23.7 Å². The normalized spacial score (nSPS) is 49.2. The second-order valence-corrected chi connectivity index (χ2v) is 4.38. The Morgan fingerprint density at radius 3 is 1.00 bits per heavy atom. The summed E-state index contributed by atoms with van der Waals surface area (Å²) in [6, 6.07) is 0. The molecule has 0 spiro atoms. The molecule has 0 aromatic rings. The smallest absolute Gasteiger partial charge is 0.0414 e. The van der Waals surface area contributed by atoms with Crippen LogP contribution >= 0.6 is 0 Å². The van der Waals surface area contributed by atoms with E-state index in [1.165, 1.54) is 12.8 Å². The summed E-state index contributed by atoms with van der Waals surface area (Å²) in [5.41, 5.74) is 0. The van der Waals surface area contributed by atoms with Crippen molar-refractivity contribution in [3.63, 3.8) is 0 Å². The third-order valence-corrected chi connectivity index (χ3v) is 3.43. The van der Waals surface area contributed by atoms with Crippen LogP contribution < -0.4 is 0 Å². The fraction of sp³-hybridized carbons (Fsp3) is 1.00. The lowest BCUT2D eigenvalue weighted by Gasteiger charge is -2.35. The van der Waals surface area contributed by atoms with Crippen LogP contribution in [-0.4, -0.2) is 0 Å². The molecular formula is C10H20. The predicted molar refractivity (Wildman–Crippen MR) is 45.9 cm³/mol. The van der Waals surface area contributed by atoms with Gasteiger partial charge in [0.05, 0.1) is 0 Å². The highest BCUT2D eigenvalue weighted by atomic mass is 14.3. The summed E-state index contributed by atoms with van der Waals surface area (Å²) in [6.45, 7) is 9.58. The maximum atomic E-state index is 2.40. The molecule has 0 bridgehead atoms. The zero-order valence-corrected chi connectivity index (χ0v) is 7.72. The van der Waals surface area contributed by atoms with Gasteiger partial charge >= 0.3 is 0 Å². The lowest BCUT2D eigenvalue weighted by molar-refractivity contribution is 0.157. The summed E-state index contributed by atoms with van der Waals surface area (Å²) >= 11 is 0. The van der Waals surface area contributed by atoms with Crippen molar-refractivity contribution in [3.05, 3.63) is 0 Å². The van der Waals surface area contributed by atoms with E-state index in [9.17, 15) is 0 Å². The van der Waals surface area contributed by atoms with E-state index in [0.717, 1.165) is 23.7 Å². The van der Waals surface area contributed by atoms with E-state index in [1.54, 1.807) is 0 Å². The highest BCUT2D eigenvalue weighted by molar-refractivity contribution is 4.77. The van der Waals surface area contributed by atoms with Crippen molar-refractivity contribution < 1.29 is 0 Å². The van der Waals surface area contributed by atoms with Crippen LogP contribution in [0, 0.1) is 23.7 Å². The summed E-state index contributed by atoms with van der Waals surface area (Å²) in [5.74, 6) is 3.86. The van der Waals surface area contributed by atoms with Crippen LogP contribution in [0.4, 0.5) is 0 Å². The topological polar surface area (TPSA) is 0 Å². The lowest BCUT2D eigenvalue weighted by atomic mass is 9.71. The van der Waals surface area contributed by atoms with E-state index in [2.05, 4.69) is 27.7 Å². The molecule has 0 heteroatoms. The molecule has 0 nitrogen and oxygen atoms in total. The van der Waals surface area contributed by atoms with E-state index in [4.69, 9.17) is 0 Å². The first-order valence-electron chi connectivity index (χ1n) is 4.61. The molecule has 60 valence electrons. The van der Waals surface area contributed by atoms with Gasteiger partial charge in [0.2, 0.25) is 0 Å². The molecule has 2 unspecified atom stereocenters. The Labute approximate surface area is 65.0 Å². The number of hydrogen-bond donors (Lipinski definition) is 0. The second kappa shape index (κ2) is 2.94. The molecule has 0 radical (unpaired) electrons. The minimum atomic E-state index is 0.964. The first-order chi connectivity index (χ1) is 4.61. The maximum Gasteiger partial charge on any atom is -0.0414 e. The van der Waals surface area contributed by atoms with Gasteiger partial charge in [-0.05, 0) is 36.5 Å². The average molecular weight is 140 g/mol. The van der Waals surface area contributed by atoms with Crippen molar-refractivity contribution in [1.82, 2.24) is 0 Å². The summed E-state index contributed by atoms with van der Waals surface area (Å²) in [6.07, 6.45) is 2.89. The Kier molecular flexibility index (Phi) is 2.38. The molecule has 0 aliphatic heterocycles. The number of hydrogen-bond acceptors (Lipinski definition) is 0. The van der Waals surface area contributed by atoms with E-state index >= 15 is 0 Å². The van der Waals surface area contributed by atoms with Gasteiger partial charge in [0, 0.05) is 0 Å². The minimum absolute atomic E-state index is 0.964. The van der Waals surface area contributed by atoms with Gasteiger partial charge in [0.15, 0.2) is 0 Å². The second-order valence-electron chi connectivity index (χ2n) is 4.38. The zero-order valence-electron chi connectivity index (χ0n) is 7.72. The minimum Gasteiger partial charge on any atom is -0.0622 e. The van der Waals surface area contributed by atoms with Crippen LogP contribution in [0.3, 0.4) is 0 Å². The van der Waals surface area contributed by atoms with Gasteiger partial charge in [0.25, 0.3) is 0 Å². The maximum absolute atomic E-state index is 2.40. The molecule has 4 atom stereocenters. The van der Waals surface area contributed by atoms with E-state index in [0.29, 0.717) is 0 Å². The van der Waals surface area contributed by atoms with Crippen LogP contribution in [0.15, 0.2) is 0 Å². The Hall–Kier alpha value is 0. The zero-order chi connectivity index (χ0) is 7.72. The van der Waals surface area contributed by atoms with Gasteiger partial charge in [0.1, 0.15) is 0 Å². The standard InChI is InChI=1S/C10H20/c1-7-5-9(3)10(4)6-8(7)2/h7-10H,5-6H2,1-4H3/t7-,8-,9?,10?/m1/s1. The molecule has 1 rings (SSSR count). The molecule has 0 aromatic carbocycles. The fourth-order valence-corrected chi connectivity index (χ4v) is 2.10. The quantitative estimate of drug-likeness (QED) is 0.484. The van der Waals surface area contributed by atoms with Gasteiger partial charge in [-0.2, -0.15) is 0 Å². The molecule has 1 fully saturated rings. The molecule has 0 amide bonds. The fourth-order valence-electron chi connectivity index (χ4n) is 2.10. The Bertz CT molecular complexity index is 80.6. The van der Waals surface area contributed by atoms with E-state index in [1.807, 2.05) is 0 Å². The first-order valence-corrected chi connectivity index (χ1v) is 4.61. The van der Waals surface area contributed by atoms with Gasteiger partial charge in [-0.1, -0.05) is 27.7 Å². The summed E-state index contributed by atoms with van der Waals surface area (Å²) in [7, 11) is 0. The number of rotatable bonds is 0. The van der Waals surface area contributed by atoms with Gasteiger partial charge < -0.3 is 0 Å². The highest BCUT2D eigenvalue weighted by Gasteiger charge is 2.26. The van der Waals surface area contributed by atoms with Gasteiger partial charge in [-0.15, -0.1) is 0 Å². The molecule has 1 saturated carbocycles. The van der Waals surface area contributed by atoms with Crippen molar-refractivity contribution in [3.8, 4) is 0 Å². The average Bonchev–Trinajstić information content (AvgIpc) is 1.84. The SMILES string of the molecule is CC1C[C@@H](C)[C@H](C)CC1C. The summed E-state index contributed by atoms with van der Waals surface area (Å²) in [4.78, 5) is 0. The molecule has 0 aromatic heterocycles. The van der Waals surface area contributed by atoms with Crippen LogP contribution in [0.1, 0.15) is 40.5 Å². The largest absolute Gasteiger partial charge is 0.0622 e. The van der Waals surface area contributed by atoms with E-state index in [-0.39, 0.29) is 0 Å². The highest BCUT2D eigenvalue weighted by Crippen LogP contribution is 2.36. The summed E-state index contributed by atoms with van der Waals surface area (Å²) in [5, 5.41) is 0. The Morgan fingerprint density at radius 2 is 0.800 bits per heavy atom. The molecule has 0 N–H and O–H groups in total. The van der Waals surface area contributed by atoms with Crippen molar-refractivity contribution in [2.45, 2.75) is 40.5 Å². The van der Waals surface area contributed by atoms with Crippen LogP contribution in [0.2, 0.25) is 0 Å². The van der Waals surface area contributed by atoms with Crippen LogP contribution in [-0.2, 0) is 0 Å². The van der Waals surface area contributed by atoms with Crippen LogP contribution in [0.25, 0.3) is 0 Å². The predicted octanol–water partition coefficient (Wildman–Crippen LogP) is 3.32. The molecular weight excluding hydrogens is 120 g/mol. The molecule has 1 aliphatic carbocycles. The van der Waals surface area contributed by atoms with Crippen molar-refractivity contribution in [2.75, 3.05) is 0 Å². The first kappa shape index (κ1) is 8.10. The van der Waals surface area contributed by atoms with Gasteiger partial charge in [-0.3, -0.25) is 0 Å². The third kappa shape index (κ3) is 1.53. The van der Waals surface area contributed by atoms with Gasteiger partial charge in [-0.25, -0.2) is 0 Å². The van der Waals surface area contributed by atoms with Crippen LogP contribution in [0.5, 0.6) is 0 Å². The third-order valence-electron chi connectivity index (χ3n) is 3.43. The molecule has 0 saturated heterocycles. The molecule has 1 aliphatic rings.